The first kappa shape index (κ1) is 21.0. The van der Waals surface area contributed by atoms with E-state index in [1.54, 1.807) is 6.07 Å². The van der Waals surface area contributed by atoms with Crippen LogP contribution in [0.1, 0.15) is 35.6 Å². The van der Waals surface area contributed by atoms with Crippen molar-refractivity contribution in [1.29, 1.82) is 0 Å². The van der Waals surface area contributed by atoms with Crippen LogP contribution in [0, 0.1) is 20.8 Å². The van der Waals surface area contributed by atoms with Gasteiger partial charge in [0.25, 0.3) is 0 Å². The van der Waals surface area contributed by atoms with Gasteiger partial charge in [-0.2, -0.15) is 0 Å². The lowest BCUT2D eigenvalue weighted by atomic mass is 10.1. The van der Waals surface area contributed by atoms with E-state index in [0.717, 1.165) is 28.5 Å². The van der Waals surface area contributed by atoms with Crippen LogP contribution in [-0.4, -0.2) is 26.6 Å². The third kappa shape index (κ3) is 5.32. The number of hydrogen-bond acceptors (Lipinski definition) is 3. The number of nitrogens with one attached hydrogen (secondary N) is 1. The second kappa shape index (κ2) is 8.57. The van der Waals surface area contributed by atoms with E-state index >= 15 is 0 Å². The predicted octanol–water partition coefficient (Wildman–Crippen LogP) is 3.47. The van der Waals surface area contributed by atoms with Crippen LogP contribution in [0.25, 0.3) is 0 Å². The van der Waals surface area contributed by atoms with Crippen molar-refractivity contribution in [1.82, 2.24) is 5.32 Å². The lowest BCUT2D eigenvalue weighted by Gasteiger charge is -2.30. The van der Waals surface area contributed by atoms with E-state index in [0.29, 0.717) is 18.7 Å². The van der Waals surface area contributed by atoms with Gasteiger partial charge in [-0.05, 0) is 56.0 Å². The van der Waals surface area contributed by atoms with E-state index in [-0.39, 0.29) is 5.91 Å². The molecule has 2 aromatic carbocycles. The molecule has 1 atom stereocenters. The molecule has 0 bridgehead atoms. The monoisotopic (exact) mass is 388 g/mol. The Kier molecular flexibility index (Phi) is 6.65. The smallest absolute Gasteiger partial charge is 0.244 e. The fourth-order valence-corrected chi connectivity index (χ4v) is 4.14. The maximum atomic E-state index is 12.8. The Morgan fingerprint density at radius 3 is 2.19 bits per heavy atom. The van der Waals surface area contributed by atoms with Crippen LogP contribution in [-0.2, 0) is 21.4 Å². The van der Waals surface area contributed by atoms with Crippen LogP contribution in [0.5, 0.6) is 0 Å². The molecule has 0 spiro atoms. The number of nitrogens with zero attached hydrogens (tertiary/aromatic N) is 1. The Morgan fingerprint density at radius 2 is 1.67 bits per heavy atom. The molecule has 0 saturated heterocycles. The molecule has 0 unspecified atom stereocenters. The number of aryl methyl sites for hydroxylation is 3. The van der Waals surface area contributed by atoms with Gasteiger partial charge >= 0.3 is 0 Å². The van der Waals surface area contributed by atoms with Crippen LogP contribution in [0.4, 0.5) is 5.69 Å². The lowest BCUT2D eigenvalue weighted by molar-refractivity contribution is -0.122. The Morgan fingerprint density at radius 1 is 1.04 bits per heavy atom. The van der Waals surface area contributed by atoms with Crippen molar-refractivity contribution < 1.29 is 13.2 Å². The summed E-state index contributed by atoms with van der Waals surface area (Å²) in [5.41, 5.74) is 4.69. The molecule has 0 aliphatic heterocycles. The normalized spacial score (nSPS) is 12.5. The Balaban J connectivity index is 2.27. The van der Waals surface area contributed by atoms with Gasteiger partial charge in [-0.1, -0.05) is 42.8 Å². The van der Waals surface area contributed by atoms with Crippen LogP contribution in [0.3, 0.4) is 0 Å². The van der Waals surface area contributed by atoms with Crippen LogP contribution >= 0.6 is 0 Å². The van der Waals surface area contributed by atoms with Gasteiger partial charge in [-0.25, -0.2) is 8.42 Å². The number of carbonyl (C=O) groups excluding carboxylic acids is 1. The Bertz CT molecular complexity index is 906. The summed E-state index contributed by atoms with van der Waals surface area (Å²) in [6.07, 6.45) is 1.51. The molecule has 0 aliphatic carbocycles. The van der Waals surface area contributed by atoms with Crippen LogP contribution in [0.15, 0.2) is 42.5 Å². The molecule has 0 fully saturated rings. The molecule has 0 radical (unpaired) electrons. The molecule has 0 heterocycles. The van der Waals surface area contributed by atoms with Crippen molar-refractivity contribution in [3.8, 4) is 0 Å². The summed E-state index contributed by atoms with van der Waals surface area (Å²) < 4.78 is 26.2. The Hall–Kier alpha value is -2.34. The van der Waals surface area contributed by atoms with E-state index in [9.17, 15) is 13.2 Å². The summed E-state index contributed by atoms with van der Waals surface area (Å²) in [4.78, 5) is 12.8. The minimum Gasteiger partial charge on any atom is -0.350 e. The number of amides is 1. The Labute approximate surface area is 162 Å². The van der Waals surface area contributed by atoms with Gasteiger partial charge in [0.15, 0.2) is 0 Å². The molecule has 6 heteroatoms. The molecular weight excluding hydrogens is 360 g/mol. The van der Waals surface area contributed by atoms with Gasteiger partial charge < -0.3 is 5.32 Å². The molecule has 1 N–H and O–H groups in total. The highest BCUT2D eigenvalue weighted by Gasteiger charge is 2.31. The van der Waals surface area contributed by atoms with Crippen LogP contribution in [0.2, 0.25) is 0 Å². The summed E-state index contributed by atoms with van der Waals surface area (Å²) in [7, 11) is -3.62. The average Bonchev–Trinajstić information content (AvgIpc) is 2.60. The van der Waals surface area contributed by atoms with E-state index < -0.39 is 16.1 Å². The first-order chi connectivity index (χ1) is 12.6. The highest BCUT2D eigenvalue weighted by molar-refractivity contribution is 7.92. The van der Waals surface area contributed by atoms with Gasteiger partial charge in [0, 0.05) is 6.54 Å². The zero-order valence-corrected chi connectivity index (χ0v) is 17.4. The second-order valence-electron chi connectivity index (χ2n) is 6.95. The third-order valence-corrected chi connectivity index (χ3v) is 5.84. The number of anilines is 1. The highest BCUT2D eigenvalue weighted by Crippen LogP contribution is 2.25. The standard InChI is InChI=1S/C21H28N2O3S/c1-6-20(21(24)22-14-18-10-7-15(2)8-11-18)23(27(5,25)26)19-12-9-16(3)17(4)13-19/h7-13,20H,6,14H2,1-5H3,(H,22,24)/t20-/m1/s1. The summed E-state index contributed by atoms with van der Waals surface area (Å²) >= 11 is 0. The topological polar surface area (TPSA) is 66.5 Å². The lowest BCUT2D eigenvalue weighted by Crippen LogP contribution is -2.49. The maximum absolute atomic E-state index is 12.8. The zero-order valence-electron chi connectivity index (χ0n) is 16.6. The number of carbonyl (C=O) groups is 1. The molecule has 0 aromatic heterocycles. The second-order valence-corrected chi connectivity index (χ2v) is 8.81. The zero-order chi connectivity index (χ0) is 20.2. The molecule has 2 rings (SSSR count). The molecule has 27 heavy (non-hydrogen) atoms. The molecule has 0 saturated carbocycles. The van der Waals surface area contributed by atoms with Crippen molar-refractivity contribution in [2.45, 2.75) is 46.7 Å². The largest absolute Gasteiger partial charge is 0.350 e. The van der Waals surface area contributed by atoms with Gasteiger partial charge in [0.1, 0.15) is 6.04 Å². The third-order valence-electron chi connectivity index (χ3n) is 4.66. The van der Waals surface area contributed by atoms with Crippen molar-refractivity contribution in [2.75, 3.05) is 10.6 Å². The first-order valence-electron chi connectivity index (χ1n) is 9.03. The summed E-state index contributed by atoms with van der Waals surface area (Å²) in [6, 6.07) is 12.5. The van der Waals surface area contributed by atoms with E-state index in [2.05, 4.69) is 5.32 Å². The predicted molar refractivity (Wildman–Crippen MR) is 110 cm³/mol. The van der Waals surface area contributed by atoms with Crippen molar-refractivity contribution in [2.24, 2.45) is 0 Å². The molecule has 1 amide bonds. The summed E-state index contributed by atoms with van der Waals surface area (Å²) in [5.74, 6) is -0.304. The summed E-state index contributed by atoms with van der Waals surface area (Å²) in [6.45, 7) is 8.08. The van der Waals surface area contributed by atoms with Gasteiger partial charge in [-0.15, -0.1) is 0 Å². The van der Waals surface area contributed by atoms with Crippen LogP contribution < -0.4 is 9.62 Å². The molecular formula is C21H28N2O3S. The SMILES string of the molecule is CC[C@H](C(=O)NCc1ccc(C)cc1)N(c1ccc(C)c(C)c1)S(C)(=O)=O. The summed E-state index contributed by atoms with van der Waals surface area (Å²) in [5, 5.41) is 2.87. The van der Waals surface area contributed by atoms with Gasteiger partial charge in [0.2, 0.25) is 15.9 Å². The van der Waals surface area contributed by atoms with Crippen molar-refractivity contribution in [3.05, 3.63) is 64.7 Å². The molecule has 0 aliphatic rings. The minimum atomic E-state index is -3.62. The van der Waals surface area contributed by atoms with E-state index in [4.69, 9.17) is 0 Å². The number of sulfonamides is 1. The molecule has 146 valence electrons. The minimum absolute atomic E-state index is 0.304. The number of hydrogen-bond donors (Lipinski definition) is 1. The van der Waals surface area contributed by atoms with Gasteiger partial charge in [-0.3, -0.25) is 9.10 Å². The fraction of sp³-hybridized carbons (Fsp3) is 0.381. The van der Waals surface area contributed by atoms with E-state index in [1.807, 2.05) is 64.1 Å². The maximum Gasteiger partial charge on any atom is 0.244 e. The highest BCUT2D eigenvalue weighted by atomic mass is 32.2. The van der Waals surface area contributed by atoms with Gasteiger partial charge in [0.05, 0.1) is 11.9 Å². The van der Waals surface area contributed by atoms with Crippen molar-refractivity contribution >= 4 is 21.6 Å². The van der Waals surface area contributed by atoms with Crippen molar-refractivity contribution in [3.63, 3.8) is 0 Å². The first-order valence-corrected chi connectivity index (χ1v) is 10.9. The number of rotatable bonds is 7. The molecule has 2 aromatic rings. The number of benzene rings is 2. The fourth-order valence-electron chi connectivity index (χ4n) is 2.94. The quantitative estimate of drug-likeness (QED) is 0.790. The van der Waals surface area contributed by atoms with E-state index in [1.165, 1.54) is 4.31 Å². The average molecular weight is 389 g/mol. The molecule has 5 nitrogen and oxygen atoms in total.